The monoisotopic (exact) mass is 365 g/mol. The molecule has 6 nitrogen and oxygen atoms in total. The first-order chi connectivity index (χ1) is 13.7. The molecule has 3 aromatic carbocycles. The van der Waals surface area contributed by atoms with Gasteiger partial charge >= 0.3 is 0 Å². The first-order valence-electron chi connectivity index (χ1n) is 8.32. The van der Waals surface area contributed by atoms with Gasteiger partial charge in [0, 0.05) is 5.57 Å². The van der Waals surface area contributed by atoms with Crippen LogP contribution in [0.1, 0.15) is 17.2 Å². The van der Waals surface area contributed by atoms with Crippen LogP contribution in [0, 0.1) is 0 Å². The van der Waals surface area contributed by atoms with E-state index in [1.54, 1.807) is 0 Å². The number of carbonyl (C=O) groups excluding carboxylic acids is 3. The van der Waals surface area contributed by atoms with Crippen molar-refractivity contribution in [3.63, 3.8) is 0 Å². The molecule has 0 radical (unpaired) electrons. The molecule has 0 spiro atoms. The number of nitrogens with zero attached hydrogens (tertiary/aromatic N) is 3. The summed E-state index contributed by atoms with van der Waals surface area (Å²) in [5.74, 6) is 0. The van der Waals surface area contributed by atoms with Crippen molar-refractivity contribution in [3.05, 3.63) is 77.6 Å². The largest absolute Gasteiger partial charge is 0.240 e. The Morgan fingerprint density at radius 2 is 1.32 bits per heavy atom. The summed E-state index contributed by atoms with van der Waals surface area (Å²) in [5.41, 5.74) is 1.81. The van der Waals surface area contributed by atoms with Gasteiger partial charge < -0.3 is 0 Å². The fourth-order valence-corrected chi connectivity index (χ4v) is 3.83. The van der Waals surface area contributed by atoms with Gasteiger partial charge in [0.1, 0.15) is 17.4 Å². The molecule has 1 atom stereocenters. The fourth-order valence-electron chi connectivity index (χ4n) is 3.83. The average Bonchev–Trinajstić information content (AvgIpc) is 2.73. The van der Waals surface area contributed by atoms with Gasteiger partial charge in [-0.25, -0.2) is 14.4 Å². The summed E-state index contributed by atoms with van der Waals surface area (Å²) in [6.07, 6.45) is 4.45. The van der Waals surface area contributed by atoms with E-state index in [-0.39, 0.29) is 11.4 Å². The molecule has 28 heavy (non-hydrogen) atoms. The van der Waals surface area contributed by atoms with E-state index in [1.807, 2.05) is 48.5 Å². The van der Waals surface area contributed by atoms with E-state index in [9.17, 15) is 14.4 Å². The quantitative estimate of drug-likeness (QED) is 0.394. The van der Waals surface area contributed by atoms with Crippen molar-refractivity contribution in [1.29, 1.82) is 0 Å². The van der Waals surface area contributed by atoms with E-state index >= 15 is 0 Å². The number of hydrogen-bond acceptors (Lipinski definition) is 6. The highest BCUT2D eigenvalue weighted by molar-refractivity contribution is 6.15. The maximum absolute atomic E-state index is 11.2. The van der Waals surface area contributed by atoms with Crippen molar-refractivity contribution in [2.45, 2.75) is 6.04 Å². The van der Waals surface area contributed by atoms with Gasteiger partial charge in [0.05, 0.1) is 0 Å². The van der Waals surface area contributed by atoms with Gasteiger partial charge in [0.2, 0.25) is 18.2 Å². The second kappa shape index (κ2) is 6.84. The Kier molecular flexibility index (Phi) is 4.21. The second-order valence-electron chi connectivity index (χ2n) is 6.12. The third kappa shape index (κ3) is 2.39. The standard InChI is InChI=1S/C22H11N3O3/c1-13-18-16-8-4-2-6-14(16)15-7-3-5-9-17(15)19(18)21(24-11-27)22(25-12-28)20(13)23-10-26/h2-9,21H,1H2. The van der Waals surface area contributed by atoms with Crippen LogP contribution in [0.2, 0.25) is 0 Å². The zero-order valence-electron chi connectivity index (χ0n) is 14.5. The van der Waals surface area contributed by atoms with Crippen molar-refractivity contribution >= 4 is 45.4 Å². The molecule has 6 heteroatoms. The number of benzene rings is 3. The molecule has 1 aliphatic carbocycles. The lowest BCUT2D eigenvalue weighted by atomic mass is 9.79. The normalized spacial score (nSPS) is 15.4. The molecule has 0 aromatic heterocycles. The van der Waals surface area contributed by atoms with E-state index in [2.05, 4.69) is 21.6 Å². The molecule has 0 saturated carbocycles. The predicted molar refractivity (Wildman–Crippen MR) is 105 cm³/mol. The van der Waals surface area contributed by atoms with Gasteiger partial charge in [-0.05, 0) is 32.7 Å². The van der Waals surface area contributed by atoms with Crippen LogP contribution in [0.5, 0.6) is 0 Å². The highest BCUT2D eigenvalue weighted by Gasteiger charge is 2.34. The van der Waals surface area contributed by atoms with Crippen LogP contribution in [0.3, 0.4) is 0 Å². The molecular formula is C22H11N3O3. The molecule has 0 amide bonds. The third-order valence-corrected chi connectivity index (χ3v) is 4.84. The van der Waals surface area contributed by atoms with Crippen LogP contribution in [-0.2, 0) is 14.4 Å². The fraction of sp³-hybridized carbons (Fsp3) is 0.0455. The molecule has 0 N–H and O–H groups in total. The molecule has 0 saturated heterocycles. The zero-order chi connectivity index (χ0) is 19.7. The van der Waals surface area contributed by atoms with E-state index in [1.165, 1.54) is 18.2 Å². The lowest BCUT2D eigenvalue weighted by molar-refractivity contribution is 0.557. The Morgan fingerprint density at radius 1 is 0.750 bits per heavy atom. The average molecular weight is 365 g/mol. The molecule has 0 aliphatic heterocycles. The molecular weight excluding hydrogens is 354 g/mol. The Morgan fingerprint density at radius 3 is 1.93 bits per heavy atom. The predicted octanol–water partition coefficient (Wildman–Crippen LogP) is 4.28. The Balaban J connectivity index is 2.30. The van der Waals surface area contributed by atoms with Gasteiger partial charge in [0.25, 0.3) is 0 Å². The summed E-state index contributed by atoms with van der Waals surface area (Å²) in [6.45, 7) is 4.08. The number of rotatable bonds is 3. The summed E-state index contributed by atoms with van der Waals surface area (Å²) in [5, 5.41) is 3.62. The maximum atomic E-state index is 11.2. The first kappa shape index (κ1) is 17.2. The van der Waals surface area contributed by atoms with Gasteiger partial charge in [-0.1, -0.05) is 55.1 Å². The van der Waals surface area contributed by atoms with Crippen LogP contribution in [-0.4, -0.2) is 18.2 Å². The van der Waals surface area contributed by atoms with Gasteiger partial charge in [-0.2, -0.15) is 15.0 Å². The molecule has 4 rings (SSSR count). The minimum absolute atomic E-state index is 0.0136. The van der Waals surface area contributed by atoms with Gasteiger partial charge in [-0.3, -0.25) is 0 Å². The van der Waals surface area contributed by atoms with E-state index in [4.69, 9.17) is 0 Å². The van der Waals surface area contributed by atoms with Crippen molar-refractivity contribution in [2.75, 3.05) is 0 Å². The molecule has 3 aromatic rings. The molecule has 132 valence electrons. The number of fused-ring (bicyclic) bond motifs is 6. The summed E-state index contributed by atoms with van der Waals surface area (Å²) >= 11 is 0. The Bertz CT molecular complexity index is 1350. The van der Waals surface area contributed by atoms with Crippen molar-refractivity contribution in [1.82, 2.24) is 0 Å². The third-order valence-electron chi connectivity index (χ3n) is 4.84. The van der Waals surface area contributed by atoms with E-state index < -0.39 is 6.04 Å². The minimum atomic E-state index is -0.971. The summed E-state index contributed by atoms with van der Waals surface area (Å²) in [6, 6.07) is 14.4. The second-order valence-corrected chi connectivity index (χ2v) is 6.12. The van der Waals surface area contributed by atoms with Crippen LogP contribution in [0.25, 0.3) is 27.1 Å². The molecule has 0 heterocycles. The van der Waals surface area contributed by atoms with Crippen LogP contribution in [0.4, 0.5) is 0 Å². The van der Waals surface area contributed by atoms with Crippen molar-refractivity contribution < 1.29 is 14.4 Å². The minimum Gasteiger partial charge on any atom is -0.211 e. The highest BCUT2D eigenvalue weighted by Crippen LogP contribution is 2.49. The highest BCUT2D eigenvalue weighted by atomic mass is 16.1. The number of isocyanates is 3. The summed E-state index contributed by atoms with van der Waals surface area (Å²) in [7, 11) is 0. The van der Waals surface area contributed by atoms with Crippen LogP contribution in [0.15, 0.2) is 81.5 Å². The first-order valence-corrected chi connectivity index (χ1v) is 8.32. The van der Waals surface area contributed by atoms with Crippen LogP contribution < -0.4 is 0 Å². The molecule has 1 unspecified atom stereocenters. The van der Waals surface area contributed by atoms with E-state index in [0.29, 0.717) is 16.7 Å². The van der Waals surface area contributed by atoms with Gasteiger partial charge in [-0.15, -0.1) is 0 Å². The van der Waals surface area contributed by atoms with E-state index in [0.717, 1.165) is 21.5 Å². The van der Waals surface area contributed by atoms with Crippen LogP contribution >= 0.6 is 0 Å². The molecule has 1 aliphatic rings. The lowest BCUT2D eigenvalue weighted by Crippen LogP contribution is -2.13. The smallest absolute Gasteiger partial charge is 0.211 e. The SMILES string of the molecule is C=C1C(N=C=O)=C(N=C=O)C(N=C=O)c2c1c1ccccc1c1ccccc21. The number of allylic oxidation sites excluding steroid dienone is 1. The molecule has 0 fully saturated rings. The topological polar surface area (TPSA) is 88.3 Å². The maximum Gasteiger partial charge on any atom is 0.240 e. The van der Waals surface area contributed by atoms with Gasteiger partial charge in [0.15, 0.2) is 0 Å². The summed E-state index contributed by atoms with van der Waals surface area (Å²) in [4.78, 5) is 44.5. The Hall–Kier alpha value is -4.20. The van der Waals surface area contributed by atoms with Crippen molar-refractivity contribution in [2.24, 2.45) is 15.0 Å². The zero-order valence-corrected chi connectivity index (χ0v) is 14.5. The summed E-state index contributed by atoms with van der Waals surface area (Å²) < 4.78 is 0. The molecule has 0 bridgehead atoms. The Labute approximate surface area is 158 Å². The number of aliphatic imine (C=N–C) groups is 3. The lowest BCUT2D eigenvalue weighted by Gasteiger charge is -2.27. The number of hydrogen-bond donors (Lipinski definition) is 0. The van der Waals surface area contributed by atoms with Crippen molar-refractivity contribution in [3.8, 4) is 0 Å².